The average molecular weight is 449 g/mol. The van der Waals surface area contributed by atoms with Crippen LogP contribution in [0, 0.1) is 0 Å². The van der Waals surface area contributed by atoms with Gasteiger partial charge in [-0.3, -0.25) is 9.69 Å². The summed E-state index contributed by atoms with van der Waals surface area (Å²) in [6.45, 7) is 0.420. The fraction of sp³-hybridized carbons (Fsp3) is 0.138. The van der Waals surface area contributed by atoms with E-state index in [-0.39, 0.29) is 17.7 Å². The Balaban J connectivity index is 1.52. The standard InChI is InChI=1S/C29H24N2O3/c1-30-18-34-26-16-22(25(32)17-24(26)30)27-21-14-8-9-15-23(21)31(29(27)33)28(19-10-4-2-5-11-19)20-12-6-3-7-13-20/h2-17,27-28,32H,18H2,1H3. The topological polar surface area (TPSA) is 53.0 Å². The van der Waals surface area contributed by atoms with Gasteiger partial charge in [-0.2, -0.15) is 0 Å². The number of rotatable bonds is 4. The van der Waals surface area contributed by atoms with Gasteiger partial charge >= 0.3 is 0 Å². The SMILES string of the molecule is CN1COc2cc(C3C(=O)N(C(c4ccccc4)c4ccccc4)c4ccccc43)c(O)cc21. The minimum absolute atomic E-state index is 0.0690. The van der Waals surface area contributed by atoms with Crippen LogP contribution in [0.3, 0.4) is 0 Å². The summed E-state index contributed by atoms with van der Waals surface area (Å²) >= 11 is 0. The summed E-state index contributed by atoms with van der Waals surface area (Å²) in [6.07, 6.45) is 0. The minimum Gasteiger partial charge on any atom is -0.508 e. The highest BCUT2D eigenvalue weighted by molar-refractivity contribution is 6.08. The highest BCUT2D eigenvalue weighted by atomic mass is 16.5. The summed E-state index contributed by atoms with van der Waals surface area (Å²) in [5, 5.41) is 11.0. The Hall–Kier alpha value is -4.25. The van der Waals surface area contributed by atoms with E-state index in [1.807, 2.05) is 83.6 Å². The van der Waals surface area contributed by atoms with Crippen LogP contribution >= 0.6 is 0 Å². The lowest BCUT2D eigenvalue weighted by atomic mass is 9.91. The number of phenolic OH excluding ortho intramolecular Hbond substituents is 1. The Labute approximate surface area is 198 Å². The van der Waals surface area contributed by atoms with Gasteiger partial charge in [-0.05, 0) is 28.8 Å². The molecule has 0 radical (unpaired) electrons. The minimum atomic E-state index is -0.620. The van der Waals surface area contributed by atoms with Crippen molar-refractivity contribution in [3.05, 3.63) is 119 Å². The summed E-state index contributed by atoms with van der Waals surface area (Å²) in [6, 6.07) is 31.2. The quantitative estimate of drug-likeness (QED) is 0.451. The number of carbonyl (C=O) groups is 1. The number of carbonyl (C=O) groups excluding carboxylic acids is 1. The van der Waals surface area contributed by atoms with Crippen molar-refractivity contribution in [2.45, 2.75) is 12.0 Å². The zero-order valence-corrected chi connectivity index (χ0v) is 18.8. The second kappa shape index (κ2) is 7.96. The Bertz CT molecular complexity index is 1330. The van der Waals surface area contributed by atoms with Crippen molar-refractivity contribution >= 4 is 17.3 Å². The number of anilines is 2. The second-order valence-electron chi connectivity index (χ2n) is 8.77. The zero-order chi connectivity index (χ0) is 23.2. The Morgan fingerprint density at radius 3 is 2.12 bits per heavy atom. The van der Waals surface area contributed by atoms with E-state index >= 15 is 0 Å². The number of para-hydroxylation sites is 1. The molecule has 168 valence electrons. The predicted molar refractivity (Wildman–Crippen MR) is 133 cm³/mol. The van der Waals surface area contributed by atoms with Gasteiger partial charge < -0.3 is 14.7 Å². The van der Waals surface area contributed by atoms with E-state index < -0.39 is 5.92 Å². The fourth-order valence-corrected chi connectivity index (χ4v) is 5.12. The highest BCUT2D eigenvalue weighted by Gasteiger charge is 2.44. The first-order valence-electron chi connectivity index (χ1n) is 11.4. The third-order valence-corrected chi connectivity index (χ3v) is 6.72. The van der Waals surface area contributed by atoms with Gasteiger partial charge in [0.05, 0.1) is 17.6 Å². The molecule has 1 amide bonds. The van der Waals surface area contributed by atoms with Crippen molar-refractivity contribution in [3.8, 4) is 11.5 Å². The van der Waals surface area contributed by atoms with Crippen LogP contribution in [0.1, 0.15) is 34.2 Å². The average Bonchev–Trinajstić information content (AvgIpc) is 3.37. The number of fused-ring (bicyclic) bond motifs is 2. The number of aromatic hydroxyl groups is 1. The maximum absolute atomic E-state index is 14.2. The van der Waals surface area contributed by atoms with E-state index in [0.29, 0.717) is 18.0 Å². The first-order valence-corrected chi connectivity index (χ1v) is 11.4. The fourth-order valence-electron chi connectivity index (χ4n) is 5.12. The van der Waals surface area contributed by atoms with Gasteiger partial charge in [0.15, 0.2) is 6.73 Å². The molecule has 0 saturated carbocycles. The van der Waals surface area contributed by atoms with Crippen LogP contribution in [-0.2, 0) is 4.79 Å². The molecule has 0 bridgehead atoms. The lowest BCUT2D eigenvalue weighted by Gasteiger charge is -2.30. The van der Waals surface area contributed by atoms with Crippen LogP contribution in [0.4, 0.5) is 11.4 Å². The molecule has 5 nitrogen and oxygen atoms in total. The molecule has 1 unspecified atom stereocenters. The molecule has 1 N–H and O–H groups in total. The van der Waals surface area contributed by atoms with Gasteiger partial charge in [0, 0.05) is 24.4 Å². The van der Waals surface area contributed by atoms with E-state index in [9.17, 15) is 9.90 Å². The molecule has 6 rings (SSSR count). The molecule has 1 atom stereocenters. The summed E-state index contributed by atoms with van der Waals surface area (Å²) in [7, 11) is 1.91. The maximum Gasteiger partial charge on any atom is 0.240 e. The number of benzene rings is 4. The van der Waals surface area contributed by atoms with Gasteiger partial charge in [-0.25, -0.2) is 0 Å². The van der Waals surface area contributed by atoms with Crippen LogP contribution in [0.15, 0.2) is 97.1 Å². The molecule has 2 heterocycles. The summed E-state index contributed by atoms with van der Waals surface area (Å²) in [5.74, 6) is 0.0928. The predicted octanol–water partition coefficient (Wildman–Crippen LogP) is 5.45. The molecule has 0 aromatic heterocycles. The van der Waals surface area contributed by atoms with Crippen molar-refractivity contribution < 1.29 is 14.6 Å². The number of phenols is 1. The molecule has 2 aliphatic rings. The normalized spacial score (nSPS) is 16.5. The van der Waals surface area contributed by atoms with E-state index in [1.165, 1.54) is 0 Å². The van der Waals surface area contributed by atoms with Crippen LogP contribution in [-0.4, -0.2) is 24.8 Å². The molecule has 4 aromatic carbocycles. The number of hydrogen-bond acceptors (Lipinski definition) is 4. The van der Waals surface area contributed by atoms with Gasteiger partial charge in [-0.1, -0.05) is 78.9 Å². The molecule has 4 aromatic rings. The Morgan fingerprint density at radius 2 is 1.44 bits per heavy atom. The third-order valence-electron chi connectivity index (χ3n) is 6.72. The molecule has 0 fully saturated rings. The highest BCUT2D eigenvalue weighted by Crippen LogP contribution is 2.50. The molecule has 0 aliphatic carbocycles. The first kappa shape index (κ1) is 20.4. The number of hydrogen-bond donors (Lipinski definition) is 1. The lowest BCUT2D eigenvalue weighted by molar-refractivity contribution is -0.118. The number of ether oxygens (including phenoxy) is 1. The van der Waals surface area contributed by atoms with Crippen LogP contribution < -0.4 is 14.5 Å². The van der Waals surface area contributed by atoms with E-state index in [2.05, 4.69) is 24.3 Å². The van der Waals surface area contributed by atoms with E-state index in [4.69, 9.17) is 4.74 Å². The van der Waals surface area contributed by atoms with Crippen molar-refractivity contribution in [2.75, 3.05) is 23.6 Å². The van der Waals surface area contributed by atoms with Crippen LogP contribution in [0.25, 0.3) is 0 Å². The second-order valence-corrected chi connectivity index (χ2v) is 8.77. The van der Waals surface area contributed by atoms with E-state index in [1.54, 1.807) is 6.07 Å². The monoisotopic (exact) mass is 448 g/mol. The van der Waals surface area contributed by atoms with Crippen LogP contribution in [0.5, 0.6) is 11.5 Å². The van der Waals surface area contributed by atoms with Crippen molar-refractivity contribution in [1.82, 2.24) is 0 Å². The molecule has 0 saturated heterocycles. The Morgan fingerprint density at radius 1 is 0.824 bits per heavy atom. The van der Waals surface area contributed by atoms with Crippen molar-refractivity contribution in [3.63, 3.8) is 0 Å². The molecule has 34 heavy (non-hydrogen) atoms. The summed E-state index contributed by atoms with van der Waals surface area (Å²) in [5.41, 5.74) is 5.18. The molecule has 2 aliphatic heterocycles. The van der Waals surface area contributed by atoms with Crippen molar-refractivity contribution in [2.24, 2.45) is 0 Å². The van der Waals surface area contributed by atoms with Gasteiger partial charge in [0.1, 0.15) is 11.5 Å². The molecule has 5 heteroatoms. The maximum atomic E-state index is 14.2. The third kappa shape index (κ3) is 3.12. The summed E-state index contributed by atoms with van der Waals surface area (Å²) in [4.78, 5) is 18.0. The Kier molecular flexibility index (Phi) is 4.77. The molecular formula is C29H24N2O3. The van der Waals surface area contributed by atoms with Crippen molar-refractivity contribution in [1.29, 1.82) is 0 Å². The van der Waals surface area contributed by atoms with Gasteiger partial charge in [0.2, 0.25) is 5.91 Å². The molecular weight excluding hydrogens is 424 g/mol. The van der Waals surface area contributed by atoms with Crippen LogP contribution in [0.2, 0.25) is 0 Å². The smallest absolute Gasteiger partial charge is 0.240 e. The number of amides is 1. The first-order chi connectivity index (χ1) is 16.6. The molecule has 0 spiro atoms. The summed E-state index contributed by atoms with van der Waals surface area (Å²) < 4.78 is 5.79. The van der Waals surface area contributed by atoms with E-state index in [0.717, 1.165) is 28.1 Å². The van der Waals surface area contributed by atoms with Gasteiger partial charge in [-0.15, -0.1) is 0 Å². The zero-order valence-electron chi connectivity index (χ0n) is 18.8. The van der Waals surface area contributed by atoms with Gasteiger partial charge in [0.25, 0.3) is 0 Å². The lowest BCUT2D eigenvalue weighted by Crippen LogP contribution is -2.34. The largest absolute Gasteiger partial charge is 0.508 e. The number of nitrogens with zero attached hydrogens (tertiary/aromatic N) is 2.